The van der Waals surface area contributed by atoms with Crippen LogP contribution in [0.3, 0.4) is 0 Å². The van der Waals surface area contributed by atoms with Crippen LogP contribution in [0.15, 0.2) is 6.20 Å². The van der Waals surface area contributed by atoms with Crippen LogP contribution in [0.1, 0.15) is 9.88 Å². The van der Waals surface area contributed by atoms with E-state index in [1.54, 1.807) is 6.20 Å². The molecule has 1 heterocycles. The number of hydrogen-bond acceptors (Lipinski definition) is 3. The zero-order chi connectivity index (χ0) is 9.14. The molecule has 0 bridgehead atoms. The SMILES string of the molecule is Cc1ncc(CC(N)C(F)F)s1. The summed E-state index contributed by atoms with van der Waals surface area (Å²) >= 11 is 1.41. The Hall–Kier alpha value is -0.550. The van der Waals surface area contributed by atoms with Crippen molar-refractivity contribution in [3.8, 4) is 0 Å². The predicted molar refractivity (Wildman–Crippen MR) is 44.5 cm³/mol. The Morgan fingerprint density at radius 1 is 1.67 bits per heavy atom. The van der Waals surface area contributed by atoms with Crippen molar-refractivity contribution in [3.05, 3.63) is 16.1 Å². The van der Waals surface area contributed by atoms with Crippen LogP contribution in [0.25, 0.3) is 0 Å². The molecule has 0 amide bonds. The Morgan fingerprint density at radius 3 is 2.75 bits per heavy atom. The molecule has 0 aliphatic carbocycles. The van der Waals surface area contributed by atoms with E-state index < -0.39 is 12.5 Å². The molecule has 0 fully saturated rings. The van der Waals surface area contributed by atoms with E-state index in [9.17, 15) is 8.78 Å². The molecule has 0 aromatic carbocycles. The van der Waals surface area contributed by atoms with Gasteiger partial charge in [-0.3, -0.25) is 0 Å². The monoisotopic (exact) mass is 192 g/mol. The average molecular weight is 192 g/mol. The number of alkyl halides is 2. The number of nitrogens with two attached hydrogens (primary N) is 1. The second kappa shape index (κ2) is 3.91. The van der Waals surface area contributed by atoms with Crippen LogP contribution in [0.2, 0.25) is 0 Å². The Balaban J connectivity index is 2.52. The fraction of sp³-hybridized carbons (Fsp3) is 0.571. The van der Waals surface area contributed by atoms with Gasteiger partial charge in [-0.25, -0.2) is 13.8 Å². The van der Waals surface area contributed by atoms with Gasteiger partial charge in [0.1, 0.15) is 0 Å². The van der Waals surface area contributed by atoms with Gasteiger partial charge in [0.2, 0.25) is 0 Å². The minimum Gasteiger partial charge on any atom is -0.323 e. The summed E-state index contributed by atoms with van der Waals surface area (Å²) in [6.07, 6.45) is -0.641. The summed E-state index contributed by atoms with van der Waals surface area (Å²) in [5, 5.41) is 0.881. The quantitative estimate of drug-likeness (QED) is 0.789. The second-order valence-corrected chi connectivity index (χ2v) is 3.87. The molecule has 12 heavy (non-hydrogen) atoms. The van der Waals surface area contributed by atoms with Crippen LogP contribution >= 0.6 is 11.3 Å². The maximum absolute atomic E-state index is 12.0. The topological polar surface area (TPSA) is 38.9 Å². The molecule has 1 rings (SSSR count). The molecule has 2 N–H and O–H groups in total. The van der Waals surface area contributed by atoms with Crippen molar-refractivity contribution in [1.29, 1.82) is 0 Å². The number of aromatic nitrogens is 1. The summed E-state index contributed by atoms with van der Waals surface area (Å²) in [5.74, 6) is 0. The summed E-state index contributed by atoms with van der Waals surface area (Å²) in [5.41, 5.74) is 5.19. The maximum atomic E-state index is 12.0. The molecule has 1 aromatic rings. The van der Waals surface area contributed by atoms with Gasteiger partial charge in [0.05, 0.1) is 11.0 Å². The lowest BCUT2D eigenvalue weighted by molar-refractivity contribution is 0.116. The summed E-state index contributed by atoms with van der Waals surface area (Å²) in [6.45, 7) is 1.84. The van der Waals surface area contributed by atoms with E-state index in [4.69, 9.17) is 5.73 Å². The van der Waals surface area contributed by atoms with E-state index in [0.29, 0.717) is 0 Å². The number of hydrogen-bond donors (Lipinski definition) is 1. The van der Waals surface area contributed by atoms with Crippen molar-refractivity contribution < 1.29 is 8.78 Å². The molecule has 0 radical (unpaired) electrons. The fourth-order valence-electron chi connectivity index (χ4n) is 0.821. The Labute approximate surface area is 73.4 Å². The number of nitrogens with zero attached hydrogens (tertiary/aromatic N) is 1. The van der Waals surface area contributed by atoms with Crippen LogP contribution in [0.4, 0.5) is 8.78 Å². The predicted octanol–water partition coefficient (Wildman–Crippen LogP) is 1.59. The lowest BCUT2D eigenvalue weighted by atomic mass is 10.2. The first-order valence-corrected chi connectivity index (χ1v) is 4.36. The summed E-state index contributed by atoms with van der Waals surface area (Å²) in [4.78, 5) is 4.77. The standard InChI is InChI=1S/C7H10F2N2S/c1-4-11-3-5(12-4)2-6(10)7(8)9/h3,6-7H,2,10H2,1H3. The Bertz CT molecular complexity index is 249. The highest BCUT2D eigenvalue weighted by Crippen LogP contribution is 2.15. The van der Waals surface area contributed by atoms with Crippen molar-refractivity contribution in [1.82, 2.24) is 4.98 Å². The van der Waals surface area contributed by atoms with Crippen molar-refractivity contribution >= 4 is 11.3 Å². The van der Waals surface area contributed by atoms with E-state index in [-0.39, 0.29) is 6.42 Å². The summed E-state index contributed by atoms with van der Waals surface area (Å²) in [6, 6.07) is -1.06. The van der Waals surface area contributed by atoms with Crippen molar-refractivity contribution in [2.24, 2.45) is 5.73 Å². The van der Waals surface area contributed by atoms with Gasteiger partial charge < -0.3 is 5.73 Å². The second-order valence-electron chi connectivity index (χ2n) is 2.55. The van der Waals surface area contributed by atoms with Crippen LogP contribution in [0.5, 0.6) is 0 Å². The lowest BCUT2D eigenvalue weighted by Crippen LogP contribution is -2.30. The molecule has 0 saturated heterocycles. The minimum absolute atomic E-state index is 0.211. The molecule has 1 atom stereocenters. The fourth-order valence-corrected chi connectivity index (χ4v) is 1.69. The van der Waals surface area contributed by atoms with Gasteiger partial charge >= 0.3 is 0 Å². The van der Waals surface area contributed by atoms with Gasteiger partial charge in [0, 0.05) is 17.5 Å². The third-order valence-corrected chi connectivity index (χ3v) is 2.36. The third-order valence-electron chi connectivity index (χ3n) is 1.43. The summed E-state index contributed by atoms with van der Waals surface area (Å²) < 4.78 is 24.0. The molecule has 1 unspecified atom stereocenters. The third kappa shape index (κ3) is 2.49. The Kier molecular flexibility index (Phi) is 3.11. The first-order valence-electron chi connectivity index (χ1n) is 3.54. The van der Waals surface area contributed by atoms with Crippen LogP contribution in [-0.2, 0) is 6.42 Å². The highest BCUT2D eigenvalue weighted by atomic mass is 32.1. The van der Waals surface area contributed by atoms with E-state index in [2.05, 4.69) is 4.98 Å². The molecule has 0 aliphatic heterocycles. The van der Waals surface area contributed by atoms with Gasteiger partial charge in [-0.2, -0.15) is 0 Å². The van der Waals surface area contributed by atoms with Crippen molar-refractivity contribution in [2.75, 3.05) is 0 Å². The minimum atomic E-state index is -2.45. The first-order chi connectivity index (χ1) is 5.59. The van der Waals surface area contributed by atoms with E-state index in [1.807, 2.05) is 6.92 Å². The number of aryl methyl sites for hydroxylation is 1. The molecule has 68 valence electrons. The molecule has 5 heteroatoms. The number of halogens is 2. The molecular formula is C7H10F2N2S. The first kappa shape index (κ1) is 9.54. The number of thiazole rings is 1. The van der Waals surface area contributed by atoms with E-state index >= 15 is 0 Å². The van der Waals surface area contributed by atoms with Gasteiger partial charge in [-0.05, 0) is 6.92 Å². The number of rotatable bonds is 3. The van der Waals surface area contributed by atoms with Gasteiger partial charge in [-0.15, -0.1) is 11.3 Å². The molecule has 2 nitrogen and oxygen atoms in total. The molecule has 0 saturated carbocycles. The van der Waals surface area contributed by atoms with Crippen LogP contribution < -0.4 is 5.73 Å². The summed E-state index contributed by atoms with van der Waals surface area (Å²) in [7, 11) is 0. The van der Waals surface area contributed by atoms with Gasteiger partial charge in [-0.1, -0.05) is 0 Å². The molecule has 0 spiro atoms. The molecular weight excluding hydrogens is 182 g/mol. The van der Waals surface area contributed by atoms with E-state index in [0.717, 1.165) is 9.88 Å². The lowest BCUT2D eigenvalue weighted by Gasteiger charge is -2.06. The molecule has 1 aromatic heterocycles. The Morgan fingerprint density at radius 2 is 2.33 bits per heavy atom. The van der Waals surface area contributed by atoms with Crippen LogP contribution in [-0.4, -0.2) is 17.5 Å². The average Bonchev–Trinajstić information content (AvgIpc) is 2.35. The van der Waals surface area contributed by atoms with Crippen molar-refractivity contribution in [3.63, 3.8) is 0 Å². The zero-order valence-corrected chi connectivity index (χ0v) is 7.44. The van der Waals surface area contributed by atoms with Gasteiger partial charge in [0.25, 0.3) is 6.43 Å². The highest BCUT2D eigenvalue weighted by Gasteiger charge is 2.16. The largest absolute Gasteiger partial charge is 0.323 e. The van der Waals surface area contributed by atoms with Crippen molar-refractivity contribution in [2.45, 2.75) is 25.8 Å². The highest BCUT2D eigenvalue weighted by molar-refractivity contribution is 7.11. The smallest absolute Gasteiger partial charge is 0.253 e. The normalized spacial score (nSPS) is 13.8. The zero-order valence-electron chi connectivity index (χ0n) is 6.63. The van der Waals surface area contributed by atoms with E-state index in [1.165, 1.54) is 11.3 Å². The van der Waals surface area contributed by atoms with Gasteiger partial charge in [0.15, 0.2) is 0 Å². The van der Waals surface area contributed by atoms with Crippen LogP contribution in [0, 0.1) is 6.92 Å². The maximum Gasteiger partial charge on any atom is 0.253 e. The molecule has 0 aliphatic rings.